The summed E-state index contributed by atoms with van der Waals surface area (Å²) in [6.07, 6.45) is 3.01. The second kappa shape index (κ2) is 9.89. The Balaban J connectivity index is 1.38. The third-order valence-electron chi connectivity index (χ3n) is 4.55. The molecule has 0 aliphatic rings. The summed E-state index contributed by atoms with van der Waals surface area (Å²) in [6.45, 7) is 0.141. The smallest absolute Gasteiger partial charge is 0.292 e. The van der Waals surface area contributed by atoms with E-state index < -0.39 is 5.56 Å². The number of halogens is 2. The highest BCUT2D eigenvalue weighted by molar-refractivity contribution is 6.32. The number of nitrogens with one attached hydrogen (secondary N) is 1. The molecule has 32 heavy (non-hydrogen) atoms. The summed E-state index contributed by atoms with van der Waals surface area (Å²) >= 11 is 6.19. The van der Waals surface area contributed by atoms with Gasteiger partial charge in [-0.1, -0.05) is 48.0 Å². The van der Waals surface area contributed by atoms with Crippen LogP contribution in [0.2, 0.25) is 5.02 Å². The Morgan fingerprint density at radius 1 is 1.03 bits per heavy atom. The van der Waals surface area contributed by atoms with Crippen LogP contribution in [0.15, 0.2) is 95.0 Å². The molecule has 0 bridgehead atoms. The maximum Gasteiger partial charge on any atom is 0.292 e. The van der Waals surface area contributed by atoms with Crippen molar-refractivity contribution in [3.8, 4) is 11.4 Å². The molecule has 0 aliphatic heterocycles. The van der Waals surface area contributed by atoms with Crippen LogP contribution in [-0.2, 0) is 6.61 Å². The molecule has 4 aromatic rings. The molecule has 160 valence electrons. The minimum atomic E-state index is -0.450. The fourth-order valence-electron chi connectivity index (χ4n) is 2.87. The molecule has 0 spiro atoms. The van der Waals surface area contributed by atoms with Crippen LogP contribution in [0.4, 0.5) is 10.1 Å². The number of hydrogen-bond acceptors (Lipinski definition) is 5. The van der Waals surface area contributed by atoms with Crippen LogP contribution >= 0.6 is 11.6 Å². The number of ether oxygens (including phenoxy) is 1. The Morgan fingerprint density at radius 3 is 2.50 bits per heavy atom. The van der Waals surface area contributed by atoms with Gasteiger partial charge < -0.3 is 4.74 Å². The number of nitrogens with zero attached hydrogens (tertiary/aromatic N) is 3. The van der Waals surface area contributed by atoms with Gasteiger partial charge in [-0.15, -0.1) is 0 Å². The first-order valence-electron chi connectivity index (χ1n) is 9.70. The van der Waals surface area contributed by atoms with Gasteiger partial charge in [0.2, 0.25) is 0 Å². The van der Waals surface area contributed by atoms with Crippen LogP contribution < -0.4 is 15.7 Å². The third kappa shape index (κ3) is 5.01. The monoisotopic (exact) mass is 448 g/mol. The summed E-state index contributed by atoms with van der Waals surface area (Å²) in [5.74, 6) is 0.307. The topological polar surface area (TPSA) is 68.5 Å². The molecule has 0 radical (unpaired) electrons. The van der Waals surface area contributed by atoms with Crippen LogP contribution in [0.3, 0.4) is 0 Å². The van der Waals surface area contributed by atoms with Crippen molar-refractivity contribution >= 4 is 23.5 Å². The van der Waals surface area contributed by atoms with Gasteiger partial charge in [-0.2, -0.15) is 14.9 Å². The number of para-hydroxylation sites is 1. The molecular formula is C24H18ClFN4O2. The summed E-state index contributed by atoms with van der Waals surface area (Å²) in [6, 6.07) is 22.6. The van der Waals surface area contributed by atoms with Crippen LogP contribution in [-0.4, -0.2) is 16.0 Å². The second-order valence-corrected chi connectivity index (χ2v) is 7.12. The number of benzene rings is 3. The lowest BCUT2D eigenvalue weighted by molar-refractivity contribution is 0.300. The molecule has 0 atom stereocenters. The van der Waals surface area contributed by atoms with Gasteiger partial charge in [-0.05, 0) is 48.0 Å². The second-order valence-electron chi connectivity index (χ2n) is 6.74. The van der Waals surface area contributed by atoms with Crippen LogP contribution in [0.1, 0.15) is 11.1 Å². The standard InChI is InChI=1S/C24H18ClFN4O2/c25-23-22(15-28-30(24(23)31)19-7-2-1-3-8-19)29-27-14-17-10-12-20(13-11-17)32-16-18-6-4-5-9-21(18)26/h1-15,29H,16H2/b27-14+. The lowest BCUT2D eigenvalue weighted by Gasteiger charge is -2.08. The average Bonchev–Trinajstić information content (AvgIpc) is 2.83. The maximum absolute atomic E-state index is 13.7. The lowest BCUT2D eigenvalue weighted by Crippen LogP contribution is -2.22. The Bertz CT molecular complexity index is 1290. The predicted octanol–water partition coefficient (Wildman–Crippen LogP) is 5.05. The van der Waals surface area contributed by atoms with E-state index in [0.29, 0.717) is 22.7 Å². The molecule has 6 nitrogen and oxygen atoms in total. The van der Waals surface area contributed by atoms with Gasteiger partial charge in [0, 0.05) is 5.56 Å². The highest BCUT2D eigenvalue weighted by atomic mass is 35.5. The summed E-state index contributed by atoms with van der Waals surface area (Å²) < 4.78 is 20.5. The van der Waals surface area contributed by atoms with Crippen molar-refractivity contribution in [2.75, 3.05) is 5.43 Å². The number of aromatic nitrogens is 2. The maximum atomic E-state index is 13.7. The SMILES string of the molecule is O=c1c(Cl)c(N/N=C/c2ccc(OCc3ccccc3F)cc2)cnn1-c1ccccc1. The Labute approximate surface area is 188 Å². The highest BCUT2D eigenvalue weighted by Crippen LogP contribution is 2.17. The molecule has 0 saturated heterocycles. The normalized spacial score (nSPS) is 10.9. The summed E-state index contributed by atoms with van der Waals surface area (Å²) in [4.78, 5) is 12.5. The molecule has 0 fully saturated rings. The Morgan fingerprint density at radius 2 is 1.75 bits per heavy atom. The number of anilines is 1. The van der Waals surface area contributed by atoms with Gasteiger partial charge in [0.1, 0.15) is 28.9 Å². The van der Waals surface area contributed by atoms with Crippen molar-refractivity contribution in [3.05, 3.63) is 117 Å². The molecule has 0 amide bonds. The van der Waals surface area contributed by atoms with Gasteiger partial charge in [-0.25, -0.2) is 4.39 Å². The van der Waals surface area contributed by atoms with Crippen LogP contribution in [0.5, 0.6) is 5.75 Å². The number of hydrogen-bond donors (Lipinski definition) is 1. The highest BCUT2D eigenvalue weighted by Gasteiger charge is 2.10. The summed E-state index contributed by atoms with van der Waals surface area (Å²) in [7, 11) is 0. The lowest BCUT2D eigenvalue weighted by atomic mass is 10.2. The van der Waals surface area contributed by atoms with Crippen molar-refractivity contribution in [3.63, 3.8) is 0 Å². The van der Waals surface area contributed by atoms with Crippen LogP contribution in [0, 0.1) is 5.82 Å². The van der Waals surface area contributed by atoms with E-state index in [2.05, 4.69) is 15.6 Å². The molecule has 1 heterocycles. The molecule has 0 saturated carbocycles. The molecule has 4 rings (SSSR count). The molecule has 1 aromatic heterocycles. The number of rotatable bonds is 7. The first-order chi connectivity index (χ1) is 15.6. The molecule has 8 heteroatoms. The van der Waals surface area contributed by atoms with Crippen molar-refractivity contribution in [1.82, 2.24) is 9.78 Å². The zero-order chi connectivity index (χ0) is 22.3. The third-order valence-corrected chi connectivity index (χ3v) is 4.92. The van der Waals surface area contributed by atoms with Gasteiger partial charge in [0.25, 0.3) is 5.56 Å². The fourth-order valence-corrected chi connectivity index (χ4v) is 3.04. The van der Waals surface area contributed by atoms with Crippen molar-refractivity contribution < 1.29 is 9.13 Å². The van der Waals surface area contributed by atoms with E-state index in [1.807, 2.05) is 18.2 Å². The molecule has 1 N–H and O–H groups in total. The summed E-state index contributed by atoms with van der Waals surface area (Å²) in [5, 5.41) is 8.24. The first kappa shape index (κ1) is 21.3. The Hall–Kier alpha value is -3.97. The predicted molar refractivity (Wildman–Crippen MR) is 123 cm³/mol. The van der Waals surface area contributed by atoms with E-state index in [9.17, 15) is 9.18 Å². The zero-order valence-electron chi connectivity index (χ0n) is 16.8. The minimum Gasteiger partial charge on any atom is -0.489 e. The molecule has 3 aromatic carbocycles. The van der Waals surface area contributed by atoms with Gasteiger partial charge in [-0.3, -0.25) is 10.2 Å². The zero-order valence-corrected chi connectivity index (χ0v) is 17.5. The number of hydrazone groups is 1. The molecule has 0 unspecified atom stereocenters. The molecular weight excluding hydrogens is 431 g/mol. The minimum absolute atomic E-state index is 0.0158. The van der Waals surface area contributed by atoms with Gasteiger partial charge >= 0.3 is 0 Å². The van der Waals surface area contributed by atoms with Gasteiger partial charge in [0.15, 0.2) is 0 Å². The first-order valence-corrected chi connectivity index (χ1v) is 10.1. The average molecular weight is 449 g/mol. The van der Waals surface area contributed by atoms with E-state index in [0.717, 1.165) is 5.56 Å². The van der Waals surface area contributed by atoms with E-state index >= 15 is 0 Å². The molecule has 0 aliphatic carbocycles. The van der Waals surface area contributed by atoms with E-state index in [1.165, 1.54) is 16.9 Å². The van der Waals surface area contributed by atoms with Crippen molar-refractivity contribution in [2.24, 2.45) is 5.10 Å². The quantitative estimate of drug-likeness (QED) is 0.317. The van der Waals surface area contributed by atoms with Crippen LogP contribution in [0.25, 0.3) is 5.69 Å². The van der Waals surface area contributed by atoms with Crippen molar-refractivity contribution in [2.45, 2.75) is 6.61 Å². The Kier molecular flexibility index (Phi) is 6.57. The van der Waals surface area contributed by atoms with E-state index in [1.54, 1.807) is 60.8 Å². The van der Waals surface area contributed by atoms with E-state index in [4.69, 9.17) is 16.3 Å². The fraction of sp³-hybridized carbons (Fsp3) is 0.0417. The van der Waals surface area contributed by atoms with Gasteiger partial charge in [0.05, 0.1) is 18.1 Å². The van der Waals surface area contributed by atoms with E-state index in [-0.39, 0.29) is 17.4 Å². The largest absolute Gasteiger partial charge is 0.489 e. The van der Waals surface area contributed by atoms with Crippen molar-refractivity contribution in [1.29, 1.82) is 0 Å². The summed E-state index contributed by atoms with van der Waals surface area (Å²) in [5.41, 5.74) is 4.48.